The van der Waals surface area contributed by atoms with Gasteiger partial charge in [-0.05, 0) is 68.1 Å². The maximum absolute atomic E-state index is 6.38. The lowest BCUT2D eigenvalue weighted by Gasteiger charge is -2.18. The first kappa shape index (κ1) is 16.5. The van der Waals surface area contributed by atoms with Crippen molar-refractivity contribution in [1.82, 2.24) is 5.32 Å². The SMILES string of the molecule is CNCC(Cc1ccc(C)cc1Cl)Cc1ccccc1Br. The Morgan fingerprint density at radius 1 is 1.10 bits per heavy atom. The Balaban J connectivity index is 2.14. The van der Waals surface area contributed by atoms with Crippen molar-refractivity contribution in [3.63, 3.8) is 0 Å². The van der Waals surface area contributed by atoms with Crippen LogP contribution in [-0.2, 0) is 12.8 Å². The number of halogens is 2. The summed E-state index contributed by atoms with van der Waals surface area (Å²) >= 11 is 10.0. The summed E-state index contributed by atoms with van der Waals surface area (Å²) in [6.07, 6.45) is 2.02. The van der Waals surface area contributed by atoms with E-state index in [1.165, 1.54) is 21.2 Å². The molecule has 0 bridgehead atoms. The minimum absolute atomic E-state index is 0.522. The Hall–Kier alpha value is -0.830. The number of benzene rings is 2. The lowest BCUT2D eigenvalue weighted by Crippen LogP contribution is -2.23. The van der Waals surface area contributed by atoms with Gasteiger partial charge in [0.25, 0.3) is 0 Å². The van der Waals surface area contributed by atoms with Crippen molar-refractivity contribution in [3.8, 4) is 0 Å². The fourth-order valence-corrected chi connectivity index (χ4v) is 3.37. The molecule has 1 nitrogen and oxygen atoms in total. The predicted molar refractivity (Wildman–Crippen MR) is 95.2 cm³/mol. The maximum atomic E-state index is 6.38. The number of rotatable bonds is 6. The van der Waals surface area contributed by atoms with Crippen LogP contribution in [0.4, 0.5) is 0 Å². The molecule has 1 unspecified atom stereocenters. The average molecular weight is 367 g/mol. The summed E-state index contributed by atoms with van der Waals surface area (Å²) in [6.45, 7) is 3.05. The monoisotopic (exact) mass is 365 g/mol. The highest BCUT2D eigenvalue weighted by Gasteiger charge is 2.13. The van der Waals surface area contributed by atoms with Gasteiger partial charge in [-0.1, -0.05) is 57.9 Å². The molecule has 0 spiro atoms. The zero-order valence-corrected chi connectivity index (χ0v) is 14.8. The van der Waals surface area contributed by atoms with Crippen molar-refractivity contribution in [2.45, 2.75) is 19.8 Å². The van der Waals surface area contributed by atoms with Gasteiger partial charge in [0, 0.05) is 9.50 Å². The smallest absolute Gasteiger partial charge is 0.0440 e. The van der Waals surface area contributed by atoms with Gasteiger partial charge < -0.3 is 5.32 Å². The Morgan fingerprint density at radius 2 is 1.81 bits per heavy atom. The highest BCUT2D eigenvalue weighted by molar-refractivity contribution is 9.10. The van der Waals surface area contributed by atoms with Gasteiger partial charge in [0.05, 0.1) is 0 Å². The molecule has 0 aliphatic rings. The van der Waals surface area contributed by atoms with Crippen LogP contribution in [0, 0.1) is 12.8 Å². The first-order valence-corrected chi connectivity index (χ1v) is 8.40. The molecule has 1 atom stereocenters. The molecular weight excluding hydrogens is 346 g/mol. The van der Waals surface area contributed by atoms with Gasteiger partial charge in [-0.3, -0.25) is 0 Å². The normalized spacial score (nSPS) is 12.4. The Kier molecular flexibility index (Phi) is 6.28. The summed E-state index contributed by atoms with van der Waals surface area (Å²) in [7, 11) is 2.00. The van der Waals surface area contributed by atoms with Crippen molar-refractivity contribution >= 4 is 27.5 Å². The molecule has 0 heterocycles. The first-order chi connectivity index (χ1) is 10.1. The van der Waals surface area contributed by atoms with Gasteiger partial charge in [-0.15, -0.1) is 0 Å². The van der Waals surface area contributed by atoms with E-state index in [-0.39, 0.29) is 0 Å². The standard InChI is InChI=1S/C18H21BrClN/c1-13-7-8-16(18(20)9-13)11-14(12-21-2)10-15-5-3-4-6-17(15)19/h3-9,14,21H,10-12H2,1-2H3. The largest absolute Gasteiger partial charge is 0.319 e. The summed E-state index contributed by atoms with van der Waals surface area (Å²) in [5.41, 5.74) is 3.79. The second-order valence-electron chi connectivity index (χ2n) is 5.52. The number of hydrogen-bond donors (Lipinski definition) is 1. The predicted octanol–water partition coefficient (Wildman–Crippen LogP) is 5.03. The van der Waals surface area contributed by atoms with Crippen LogP contribution in [0.1, 0.15) is 16.7 Å². The van der Waals surface area contributed by atoms with Crippen molar-refractivity contribution in [3.05, 3.63) is 68.7 Å². The van der Waals surface area contributed by atoms with E-state index in [4.69, 9.17) is 11.6 Å². The van der Waals surface area contributed by atoms with Gasteiger partial charge in [0.15, 0.2) is 0 Å². The van der Waals surface area contributed by atoms with Gasteiger partial charge in [0.2, 0.25) is 0 Å². The average Bonchev–Trinajstić information content (AvgIpc) is 2.44. The molecule has 3 heteroatoms. The summed E-state index contributed by atoms with van der Waals surface area (Å²) in [5, 5.41) is 4.18. The zero-order valence-electron chi connectivity index (χ0n) is 12.5. The molecule has 112 valence electrons. The summed E-state index contributed by atoms with van der Waals surface area (Å²) in [5.74, 6) is 0.522. The Morgan fingerprint density at radius 3 is 2.48 bits per heavy atom. The molecule has 0 saturated heterocycles. The number of aryl methyl sites for hydroxylation is 1. The minimum Gasteiger partial charge on any atom is -0.319 e. The van der Waals surface area contributed by atoms with Crippen LogP contribution >= 0.6 is 27.5 Å². The molecule has 0 radical (unpaired) electrons. The summed E-state index contributed by atoms with van der Waals surface area (Å²) in [4.78, 5) is 0. The van der Waals surface area contributed by atoms with Crippen LogP contribution in [0.2, 0.25) is 5.02 Å². The Bertz CT molecular complexity index is 598. The molecule has 21 heavy (non-hydrogen) atoms. The van der Waals surface area contributed by atoms with E-state index in [1.54, 1.807) is 0 Å². The van der Waals surface area contributed by atoms with E-state index in [0.717, 1.165) is 24.4 Å². The van der Waals surface area contributed by atoms with E-state index in [9.17, 15) is 0 Å². The van der Waals surface area contributed by atoms with E-state index in [1.807, 2.05) is 13.1 Å². The molecule has 0 aliphatic carbocycles. The van der Waals surface area contributed by atoms with Crippen molar-refractivity contribution in [1.29, 1.82) is 0 Å². The van der Waals surface area contributed by atoms with Gasteiger partial charge in [0.1, 0.15) is 0 Å². The summed E-state index contributed by atoms with van der Waals surface area (Å²) < 4.78 is 1.18. The van der Waals surface area contributed by atoms with Crippen LogP contribution in [0.5, 0.6) is 0 Å². The van der Waals surface area contributed by atoms with Crippen LogP contribution in [0.25, 0.3) is 0 Å². The van der Waals surface area contributed by atoms with Crippen LogP contribution < -0.4 is 5.32 Å². The van der Waals surface area contributed by atoms with E-state index < -0.39 is 0 Å². The fraction of sp³-hybridized carbons (Fsp3) is 0.333. The maximum Gasteiger partial charge on any atom is 0.0440 e. The number of hydrogen-bond acceptors (Lipinski definition) is 1. The molecule has 0 aromatic heterocycles. The van der Waals surface area contributed by atoms with Gasteiger partial charge >= 0.3 is 0 Å². The highest BCUT2D eigenvalue weighted by atomic mass is 79.9. The quantitative estimate of drug-likeness (QED) is 0.756. The summed E-state index contributed by atoms with van der Waals surface area (Å²) in [6, 6.07) is 14.8. The topological polar surface area (TPSA) is 12.0 Å². The van der Waals surface area contributed by atoms with Crippen molar-refractivity contribution in [2.24, 2.45) is 5.92 Å². The van der Waals surface area contributed by atoms with Crippen LogP contribution in [0.15, 0.2) is 46.9 Å². The fourth-order valence-electron chi connectivity index (χ4n) is 2.61. The Labute approximate surface area is 140 Å². The molecule has 0 fully saturated rings. The third-order valence-corrected chi connectivity index (χ3v) is 4.80. The van der Waals surface area contributed by atoms with Crippen molar-refractivity contribution in [2.75, 3.05) is 13.6 Å². The third-order valence-electron chi connectivity index (χ3n) is 3.68. The zero-order chi connectivity index (χ0) is 15.2. The molecule has 0 saturated carbocycles. The minimum atomic E-state index is 0.522. The lowest BCUT2D eigenvalue weighted by atomic mass is 9.92. The number of nitrogens with one attached hydrogen (secondary N) is 1. The van der Waals surface area contributed by atoms with Crippen LogP contribution in [-0.4, -0.2) is 13.6 Å². The molecular formula is C18H21BrClN. The van der Waals surface area contributed by atoms with Crippen LogP contribution in [0.3, 0.4) is 0 Å². The van der Waals surface area contributed by atoms with E-state index >= 15 is 0 Å². The first-order valence-electron chi connectivity index (χ1n) is 7.23. The van der Waals surface area contributed by atoms with E-state index in [2.05, 4.69) is 64.6 Å². The second-order valence-corrected chi connectivity index (χ2v) is 6.78. The molecule has 1 N–H and O–H groups in total. The van der Waals surface area contributed by atoms with Gasteiger partial charge in [-0.25, -0.2) is 0 Å². The second kappa shape index (κ2) is 7.98. The highest BCUT2D eigenvalue weighted by Crippen LogP contribution is 2.25. The lowest BCUT2D eigenvalue weighted by molar-refractivity contribution is 0.492. The molecule has 0 amide bonds. The van der Waals surface area contributed by atoms with E-state index in [0.29, 0.717) is 5.92 Å². The molecule has 2 aromatic rings. The molecule has 2 aromatic carbocycles. The third kappa shape index (κ3) is 4.84. The van der Waals surface area contributed by atoms with Crippen molar-refractivity contribution < 1.29 is 0 Å². The molecule has 0 aliphatic heterocycles. The molecule has 2 rings (SSSR count). The van der Waals surface area contributed by atoms with Gasteiger partial charge in [-0.2, -0.15) is 0 Å².